The number of hydrogen-bond acceptors (Lipinski definition) is 2. The fraction of sp³-hybridized carbons (Fsp3) is 0.706. The normalized spacial score (nSPS) is 13.0. The summed E-state index contributed by atoms with van der Waals surface area (Å²) in [6, 6.07) is 0. The van der Waals surface area contributed by atoms with Crippen LogP contribution in [0.1, 0.15) is 66.7 Å². The molecular formula is C17H30O2. The predicted molar refractivity (Wildman–Crippen MR) is 82.1 cm³/mol. The lowest BCUT2D eigenvalue weighted by Crippen LogP contribution is -2.09. The molecule has 0 amide bonds. The van der Waals surface area contributed by atoms with Gasteiger partial charge < -0.3 is 4.74 Å². The summed E-state index contributed by atoms with van der Waals surface area (Å²) >= 11 is 0. The Bertz CT molecular complexity index is 309. The third kappa shape index (κ3) is 11.8. The van der Waals surface area contributed by atoms with Crippen LogP contribution < -0.4 is 0 Å². The predicted octanol–water partition coefficient (Wildman–Crippen LogP) is 5.05. The molecule has 2 nitrogen and oxygen atoms in total. The van der Waals surface area contributed by atoms with Crippen LogP contribution >= 0.6 is 0 Å². The first-order chi connectivity index (χ1) is 8.95. The third-order valence-electron chi connectivity index (χ3n) is 3.06. The van der Waals surface area contributed by atoms with E-state index >= 15 is 0 Å². The van der Waals surface area contributed by atoms with E-state index in [1.54, 1.807) is 0 Å². The van der Waals surface area contributed by atoms with Crippen molar-refractivity contribution in [3.8, 4) is 0 Å². The maximum atomic E-state index is 11.6. The van der Waals surface area contributed by atoms with Gasteiger partial charge in [0.1, 0.15) is 6.61 Å². The Labute approximate surface area is 118 Å². The van der Waals surface area contributed by atoms with Gasteiger partial charge in [-0.3, -0.25) is 4.79 Å². The van der Waals surface area contributed by atoms with Gasteiger partial charge in [0.25, 0.3) is 0 Å². The summed E-state index contributed by atoms with van der Waals surface area (Å²) in [5.41, 5.74) is 2.64. The van der Waals surface area contributed by atoms with Crippen molar-refractivity contribution in [3.63, 3.8) is 0 Å². The van der Waals surface area contributed by atoms with Gasteiger partial charge in [0.2, 0.25) is 0 Å². The zero-order valence-corrected chi connectivity index (χ0v) is 13.3. The summed E-state index contributed by atoms with van der Waals surface area (Å²) < 4.78 is 5.23. The Balaban J connectivity index is 3.81. The van der Waals surface area contributed by atoms with Crippen LogP contribution in [0.3, 0.4) is 0 Å². The Morgan fingerprint density at radius 3 is 2.47 bits per heavy atom. The molecule has 1 atom stereocenters. The van der Waals surface area contributed by atoms with E-state index in [4.69, 9.17) is 4.74 Å². The van der Waals surface area contributed by atoms with Crippen LogP contribution in [0, 0.1) is 5.92 Å². The number of carbonyl (C=O) groups excluding carboxylic acids is 1. The molecule has 0 aliphatic heterocycles. The van der Waals surface area contributed by atoms with Gasteiger partial charge in [-0.15, -0.1) is 0 Å². The molecular weight excluding hydrogens is 236 g/mol. The van der Waals surface area contributed by atoms with Crippen LogP contribution in [0.25, 0.3) is 0 Å². The molecule has 0 aromatic carbocycles. The van der Waals surface area contributed by atoms with Crippen molar-refractivity contribution in [2.24, 2.45) is 5.92 Å². The maximum absolute atomic E-state index is 11.6. The molecule has 110 valence electrons. The van der Waals surface area contributed by atoms with Crippen LogP contribution in [0.2, 0.25) is 0 Å². The number of ether oxygens (including phenoxy) is 1. The Hall–Kier alpha value is -1.05. The minimum atomic E-state index is -0.0747. The highest BCUT2D eigenvalue weighted by molar-refractivity contribution is 5.69. The summed E-state index contributed by atoms with van der Waals surface area (Å²) in [5, 5.41) is 0. The average molecular weight is 266 g/mol. The first-order valence-electron chi connectivity index (χ1n) is 7.40. The molecule has 0 saturated heterocycles. The van der Waals surface area contributed by atoms with Crippen LogP contribution in [0.15, 0.2) is 23.3 Å². The molecule has 2 heteroatoms. The summed E-state index contributed by atoms with van der Waals surface area (Å²) in [7, 11) is 0. The van der Waals surface area contributed by atoms with E-state index in [1.165, 1.54) is 11.1 Å². The van der Waals surface area contributed by atoms with Gasteiger partial charge >= 0.3 is 5.97 Å². The minimum Gasteiger partial charge on any atom is -0.461 e. The molecule has 0 aromatic heterocycles. The number of carbonyl (C=O) groups is 1. The SMILES string of the molecule is CCCC(C)CC(=O)OC/C=C(\C)CCC=C(C)C. The third-order valence-corrected chi connectivity index (χ3v) is 3.06. The van der Waals surface area contributed by atoms with E-state index < -0.39 is 0 Å². The van der Waals surface area contributed by atoms with Crippen LogP contribution in [0.4, 0.5) is 0 Å². The monoisotopic (exact) mass is 266 g/mol. The molecule has 19 heavy (non-hydrogen) atoms. The highest BCUT2D eigenvalue weighted by Crippen LogP contribution is 2.11. The van der Waals surface area contributed by atoms with Gasteiger partial charge in [0, 0.05) is 6.42 Å². The molecule has 0 fully saturated rings. The van der Waals surface area contributed by atoms with Crippen molar-refractivity contribution >= 4 is 5.97 Å². The van der Waals surface area contributed by atoms with Crippen LogP contribution in [-0.4, -0.2) is 12.6 Å². The van der Waals surface area contributed by atoms with Gasteiger partial charge in [-0.2, -0.15) is 0 Å². The van der Waals surface area contributed by atoms with Crippen molar-refractivity contribution in [3.05, 3.63) is 23.3 Å². The smallest absolute Gasteiger partial charge is 0.306 e. The first-order valence-corrected chi connectivity index (χ1v) is 7.40. The second-order valence-electron chi connectivity index (χ2n) is 5.65. The lowest BCUT2D eigenvalue weighted by molar-refractivity contribution is -0.143. The summed E-state index contributed by atoms with van der Waals surface area (Å²) in [4.78, 5) is 11.6. The molecule has 0 aliphatic carbocycles. The van der Waals surface area contributed by atoms with Crippen LogP contribution in [-0.2, 0) is 9.53 Å². The molecule has 0 saturated carbocycles. The molecule has 0 rings (SSSR count). The molecule has 0 radical (unpaired) electrons. The van der Waals surface area contributed by atoms with Crippen molar-refractivity contribution in [2.75, 3.05) is 6.61 Å². The fourth-order valence-electron chi connectivity index (χ4n) is 1.91. The number of hydrogen-bond donors (Lipinski definition) is 0. The highest BCUT2D eigenvalue weighted by atomic mass is 16.5. The standard InChI is InChI=1S/C17H30O2/c1-6-8-16(5)13-17(18)19-12-11-15(4)10-7-9-14(2)3/h9,11,16H,6-8,10,12-13H2,1-5H3/b15-11+. The van der Waals surface area contributed by atoms with Crippen molar-refractivity contribution in [2.45, 2.75) is 66.7 Å². The van der Waals surface area contributed by atoms with E-state index in [1.807, 2.05) is 6.08 Å². The van der Waals surface area contributed by atoms with E-state index in [-0.39, 0.29) is 5.97 Å². The number of allylic oxidation sites excluding steroid dienone is 3. The lowest BCUT2D eigenvalue weighted by atomic mass is 10.0. The Kier molecular flexibility index (Phi) is 10.2. The Morgan fingerprint density at radius 2 is 1.89 bits per heavy atom. The van der Waals surface area contributed by atoms with Gasteiger partial charge in [-0.05, 0) is 45.6 Å². The summed E-state index contributed by atoms with van der Waals surface area (Å²) in [5.74, 6) is 0.356. The van der Waals surface area contributed by atoms with Crippen molar-refractivity contribution in [1.29, 1.82) is 0 Å². The quantitative estimate of drug-likeness (QED) is 0.431. The fourth-order valence-corrected chi connectivity index (χ4v) is 1.91. The van der Waals surface area contributed by atoms with E-state index in [0.717, 1.165) is 25.7 Å². The summed E-state index contributed by atoms with van der Waals surface area (Å²) in [6.45, 7) is 11.0. The van der Waals surface area contributed by atoms with Crippen molar-refractivity contribution in [1.82, 2.24) is 0 Å². The van der Waals surface area contributed by atoms with E-state index in [9.17, 15) is 4.79 Å². The second-order valence-corrected chi connectivity index (χ2v) is 5.65. The second kappa shape index (κ2) is 10.8. The Morgan fingerprint density at radius 1 is 1.21 bits per heavy atom. The molecule has 1 unspecified atom stereocenters. The van der Waals surface area contributed by atoms with E-state index in [2.05, 4.69) is 40.7 Å². The van der Waals surface area contributed by atoms with Crippen LogP contribution in [0.5, 0.6) is 0 Å². The van der Waals surface area contributed by atoms with E-state index in [0.29, 0.717) is 18.9 Å². The zero-order chi connectivity index (χ0) is 14.7. The highest BCUT2D eigenvalue weighted by Gasteiger charge is 2.08. The molecule has 0 N–H and O–H groups in total. The minimum absolute atomic E-state index is 0.0747. The summed E-state index contributed by atoms with van der Waals surface area (Å²) in [6.07, 6.45) is 9.10. The largest absolute Gasteiger partial charge is 0.461 e. The average Bonchev–Trinajstić information content (AvgIpc) is 2.28. The van der Waals surface area contributed by atoms with Gasteiger partial charge in [0.15, 0.2) is 0 Å². The first kappa shape index (κ1) is 17.9. The maximum Gasteiger partial charge on any atom is 0.306 e. The number of rotatable bonds is 9. The van der Waals surface area contributed by atoms with Gasteiger partial charge in [-0.1, -0.05) is 43.9 Å². The molecule has 0 spiro atoms. The van der Waals surface area contributed by atoms with Crippen molar-refractivity contribution < 1.29 is 9.53 Å². The lowest BCUT2D eigenvalue weighted by Gasteiger charge is -2.08. The van der Waals surface area contributed by atoms with Gasteiger partial charge in [0.05, 0.1) is 0 Å². The zero-order valence-electron chi connectivity index (χ0n) is 13.3. The molecule has 0 aliphatic rings. The number of esters is 1. The van der Waals surface area contributed by atoms with Gasteiger partial charge in [-0.25, -0.2) is 0 Å². The molecule has 0 bridgehead atoms. The molecule has 0 heterocycles. The molecule has 0 aromatic rings. The topological polar surface area (TPSA) is 26.3 Å².